The van der Waals surface area contributed by atoms with Crippen LogP contribution < -0.4 is 0 Å². The number of fused-ring (bicyclic) bond motifs is 5. The van der Waals surface area contributed by atoms with Crippen LogP contribution in [0.25, 0.3) is 41.7 Å². The van der Waals surface area contributed by atoms with Gasteiger partial charge in [-0.2, -0.15) is 0 Å². The second-order valence-corrected chi connectivity index (χ2v) is 8.91. The second-order valence-electron chi connectivity index (χ2n) is 7.82. The molecule has 30 heavy (non-hydrogen) atoms. The fourth-order valence-electron chi connectivity index (χ4n) is 4.06. The van der Waals surface area contributed by atoms with Crippen LogP contribution in [0.3, 0.4) is 0 Å². The first kappa shape index (κ1) is 17.3. The van der Waals surface area contributed by atoms with Crippen LogP contribution in [0.5, 0.6) is 0 Å². The van der Waals surface area contributed by atoms with Gasteiger partial charge in [0, 0.05) is 31.3 Å². The Kier molecular flexibility index (Phi) is 3.88. The maximum absolute atomic E-state index is 3.33. The topological polar surface area (TPSA) is 0 Å². The Bertz CT molecular complexity index is 1640. The normalized spacial score (nSPS) is 11.2. The van der Waals surface area contributed by atoms with E-state index in [9.17, 15) is 0 Å². The van der Waals surface area contributed by atoms with Gasteiger partial charge in [-0.05, 0) is 77.0 Å². The lowest BCUT2D eigenvalue weighted by Gasteiger charge is -2.01. The van der Waals surface area contributed by atoms with Crippen LogP contribution in [0, 0.1) is 18.8 Å². The first-order valence-corrected chi connectivity index (χ1v) is 10.9. The standard InChI is InChI=1S/C29H18S/c1-19-6-8-20(9-7-19)10-11-21-12-13-24-18-29-27(16-25(24)14-21)26-15-22-4-2-3-5-23(22)17-28(26)30-29/h2-9,12-18H,1H3. The minimum atomic E-state index is 1.05. The molecule has 0 amide bonds. The van der Waals surface area contributed by atoms with Gasteiger partial charge in [0.1, 0.15) is 0 Å². The zero-order chi connectivity index (χ0) is 20.1. The summed E-state index contributed by atoms with van der Waals surface area (Å²) in [4.78, 5) is 0. The number of benzene rings is 5. The highest BCUT2D eigenvalue weighted by atomic mass is 32.1. The summed E-state index contributed by atoms with van der Waals surface area (Å²) < 4.78 is 2.68. The molecule has 1 heterocycles. The minimum Gasteiger partial charge on any atom is -0.135 e. The molecule has 0 aliphatic heterocycles. The Hall–Kier alpha value is -3.60. The summed E-state index contributed by atoms with van der Waals surface area (Å²) in [6.07, 6.45) is 0. The molecule has 0 N–H and O–H groups in total. The van der Waals surface area contributed by atoms with Gasteiger partial charge in [0.05, 0.1) is 0 Å². The van der Waals surface area contributed by atoms with E-state index < -0.39 is 0 Å². The van der Waals surface area contributed by atoms with Gasteiger partial charge in [-0.15, -0.1) is 11.3 Å². The third-order valence-electron chi connectivity index (χ3n) is 5.70. The van der Waals surface area contributed by atoms with Gasteiger partial charge in [-0.1, -0.05) is 59.9 Å². The smallest absolute Gasteiger partial charge is 0.0361 e. The van der Waals surface area contributed by atoms with Crippen molar-refractivity contribution >= 4 is 53.1 Å². The van der Waals surface area contributed by atoms with E-state index in [-0.39, 0.29) is 0 Å². The summed E-state index contributed by atoms with van der Waals surface area (Å²) in [7, 11) is 0. The summed E-state index contributed by atoms with van der Waals surface area (Å²) >= 11 is 1.88. The van der Waals surface area contributed by atoms with Crippen molar-refractivity contribution in [1.82, 2.24) is 0 Å². The largest absolute Gasteiger partial charge is 0.135 e. The van der Waals surface area contributed by atoms with Gasteiger partial charge in [0.15, 0.2) is 0 Å². The average molecular weight is 399 g/mol. The molecule has 0 saturated heterocycles. The molecular formula is C29H18S. The van der Waals surface area contributed by atoms with Crippen LogP contribution in [-0.2, 0) is 0 Å². The van der Waals surface area contributed by atoms with Gasteiger partial charge in [-0.25, -0.2) is 0 Å². The first-order chi connectivity index (χ1) is 14.7. The third-order valence-corrected chi connectivity index (χ3v) is 6.81. The Morgan fingerprint density at radius 1 is 0.533 bits per heavy atom. The molecule has 140 valence electrons. The second kappa shape index (κ2) is 6.73. The highest BCUT2D eigenvalue weighted by Gasteiger charge is 2.08. The van der Waals surface area contributed by atoms with Crippen LogP contribution in [0.15, 0.2) is 91.0 Å². The summed E-state index contributed by atoms with van der Waals surface area (Å²) in [5.41, 5.74) is 3.35. The Morgan fingerprint density at radius 2 is 1.10 bits per heavy atom. The zero-order valence-electron chi connectivity index (χ0n) is 16.6. The molecule has 0 radical (unpaired) electrons. The maximum atomic E-state index is 3.33. The molecule has 0 aliphatic rings. The van der Waals surface area contributed by atoms with Gasteiger partial charge in [0.25, 0.3) is 0 Å². The molecule has 1 aromatic heterocycles. The number of rotatable bonds is 0. The highest BCUT2D eigenvalue weighted by Crippen LogP contribution is 2.38. The lowest BCUT2D eigenvalue weighted by molar-refractivity contribution is 1.46. The maximum Gasteiger partial charge on any atom is 0.0361 e. The molecule has 0 saturated carbocycles. The fourth-order valence-corrected chi connectivity index (χ4v) is 5.23. The molecule has 0 atom stereocenters. The molecule has 0 spiro atoms. The lowest BCUT2D eigenvalue weighted by Crippen LogP contribution is -1.79. The average Bonchev–Trinajstić information content (AvgIpc) is 3.11. The quantitative estimate of drug-likeness (QED) is 0.227. The van der Waals surface area contributed by atoms with E-state index in [0.717, 1.165) is 11.1 Å². The Morgan fingerprint density at radius 3 is 1.83 bits per heavy atom. The highest BCUT2D eigenvalue weighted by molar-refractivity contribution is 7.26. The van der Waals surface area contributed by atoms with Gasteiger partial charge < -0.3 is 0 Å². The first-order valence-electron chi connectivity index (χ1n) is 10.1. The summed E-state index contributed by atoms with van der Waals surface area (Å²) in [6, 6.07) is 32.8. The molecule has 0 aliphatic carbocycles. The SMILES string of the molecule is Cc1ccc(C#Cc2ccc3cc4sc5cc6ccccc6cc5c4cc3c2)cc1. The Labute approximate surface area is 179 Å². The van der Waals surface area contributed by atoms with E-state index in [1.54, 1.807) is 0 Å². The van der Waals surface area contributed by atoms with Crippen LogP contribution in [0.1, 0.15) is 16.7 Å². The number of aryl methyl sites for hydroxylation is 1. The van der Waals surface area contributed by atoms with Gasteiger partial charge in [-0.3, -0.25) is 0 Å². The van der Waals surface area contributed by atoms with Gasteiger partial charge in [0.2, 0.25) is 0 Å². The molecule has 0 unspecified atom stereocenters. The zero-order valence-corrected chi connectivity index (χ0v) is 17.4. The van der Waals surface area contributed by atoms with E-state index in [1.807, 2.05) is 11.3 Å². The van der Waals surface area contributed by atoms with Crippen molar-refractivity contribution in [2.75, 3.05) is 0 Å². The van der Waals surface area contributed by atoms with E-state index in [1.165, 1.54) is 47.3 Å². The van der Waals surface area contributed by atoms with Gasteiger partial charge >= 0.3 is 0 Å². The van der Waals surface area contributed by atoms with Crippen molar-refractivity contribution in [2.45, 2.75) is 6.92 Å². The lowest BCUT2D eigenvalue weighted by atomic mass is 10.0. The fraction of sp³-hybridized carbons (Fsp3) is 0.0345. The van der Waals surface area contributed by atoms with Crippen molar-refractivity contribution in [3.63, 3.8) is 0 Å². The molecule has 5 aromatic carbocycles. The minimum absolute atomic E-state index is 1.05. The molecule has 1 heteroatoms. The van der Waals surface area contributed by atoms with Crippen molar-refractivity contribution in [3.8, 4) is 11.8 Å². The summed E-state index contributed by atoms with van der Waals surface area (Å²) in [5.74, 6) is 6.62. The van der Waals surface area contributed by atoms with E-state index in [4.69, 9.17) is 0 Å². The Balaban J connectivity index is 1.51. The van der Waals surface area contributed by atoms with Crippen molar-refractivity contribution in [2.24, 2.45) is 0 Å². The number of hydrogen-bond donors (Lipinski definition) is 0. The third kappa shape index (κ3) is 2.94. The molecule has 6 aromatic rings. The molecule has 0 fully saturated rings. The molecular weight excluding hydrogens is 380 g/mol. The number of hydrogen-bond acceptors (Lipinski definition) is 1. The van der Waals surface area contributed by atoms with Crippen LogP contribution in [0.2, 0.25) is 0 Å². The van der Waals surface area contributed by atoms with Crippen molar-refractivity contribution in [3.05, 3.63) is 108 Å². The monoisotopic (exact) mass is 398 g/mol. The van der Waals surface area contributed by atoms with Crippen molar-refractivity contribution in [1.29, 1.82) is 0 Å². The molecule has 0 bridgehead atoms. The van der Waals surface area contributed by atoms with Crippen LogP contribution in [-0.4, -0.2) is 0 Å². The van der Waals surface area contributed by atoms with Crippen molar-refractivity contribution < 1.29 is 0 Å². The van der Waals surface area contributed by atoms with E-state index >= 15 is 0 Å². The predicted octanol–water partition coefficient (Wildman–Crippen LogP) is 8.07. The van der Waals surface area contributed by atoms with Crippen LogP contribution >= 0.6 is 11.3 Å². The number of thiophene rings is 1. The predicted molar refractivity (Wildman–Crippen MR) is 132 cm³/mol. The van der Waals surface area contributed by atoms with E-state index in [2.05, 4.69) is 110 Å². The summed E-state index contributed by atoms with van der Waals surface area (Å²) in [6.45, 7) is 2.10. The molecule has 6 rings (SSSR count). The van der Waals surface area contributed by atoms with E-state index in [0.29, 0.717) is 0 Å². The van der Waals surface area contributed by atoms with Crippen LogP contribution in [0.4, 0.5) is 0 Å². The summed E-state index contributed by atoms with van der Waals surface area (Å²) in [5, 5.41) is 7.77. The molecule has 0 nitrogen and oxygen atoms in total.